The van der Waals surface area contributed by atoms with E-state index in [0.717, 1.165) is 44.5 Å². The lowest BCUT2D eigenvalue weighted by atomic mass is 10.2. The van der Waals surface area contributed by atoms with Gasteiger partial charge < -0.3 is 19.5 Å². The maximum absolute atomic E-state index is 14.1. The molecule has 166 valence electrons. The third-order valence-electron chi connectivity index (χ3n) is 4.99. The molecule has 31 heavy (non-hydrogen) atoms. The van der Waals surface area contributed by atoms with Crippen molar-refractivity contribution in [3.63, 3.8) is 0 Å². The van der Waals surface area contributed by atoms with Crippen molar-refractivity contribution in [2.75, 3.05) is 44.2 Å². The van der Waals surface area contributed by atoms with E-state index in [1.54, 1.807) is 12.3 Å². The number of nitrogens with one attached hydrogen (secondary N) is 2. The van der Waals surface area contributed by atoms with E-state index in [1.807, 2.05) is 24.3 Å². The molecule has 4 rings (SSSR count). The summed E-state index contributed by atoms with van der Waals surface area (Å²) in [5.41, 5.74) is 0.664. The van der Waals surface area contributed by atoms with Crippen molar-refractivity contribution in [3.8, 4) is 11.6 Å². The lowest BCUT2D eigenvalue weighted by molar-refractivity contribution is 0.371. The van der Waals surface area contributed by atoms with Crippen molar-refractivity contribution in [2.45, 2.75) is 13.3 Å². The van der Waals surface area contributed by atoms with Crippen LogP contribution in [0.2, 0.25) is 0 Å². The summed E-state index contributed by atoms with van der Waals surface area (Å²) < 4.78 is 19.4. The van der Waals surface area contributed by atoms with Gasteiger partial charge in [-0.2, -0.15) is 5.10 Å². The molecule has 2 N–H and O–H groups in total. The molecule has 0 amide bonds. The fourth-order valence-corrected chi connectivity index (χ4v) is 3.48. The van der Waals surface area contributed by atoms with Crippen LogP contribution in [0, 0.1) is 5.82 Å². The number of H-pyrrole nitrogens is 1. The Bertz CT molecular complexity index is 968. The van der Waals surface area contributed by atoms with Crippen LogP contribution >= 0.6 is 24.0 Å². The second-order valence-electron chi connectivity index (χ2n) is 6.99. The topological polar surface area (TPSA) is 85.6 Å². The Hall–Kier alpha value is -2.63. The van der Waals surface area contributed by atoms with Gasteiger partial charge >= 0.3 is 0 Å². The molecule has 3 heterocycles. The van der Waals surface area contributed by atoms with Gasteiger partial charge in [0.2, 0.25) is 5.82 Å². The number of hydrogen-bond donors (Lipinski definition) is 2. The first-order chi connectivity index (χ1) is 14.7. The molecule has 1 aliphatic heterocycles. The Labute approximate surface area is 198 Å². The van der Waals surface area contributed by atoms with E-state index in [2.05, 4.69) is 37.2 Å². The molecule has 1 saturated heterocycles. The number of nitrogens with zero attached hydrogens (tertiary/aromatic N) is 5. The van der Waals surface area contributed by atoms with E-state index < -0.39 is 0 Å². The summed E-state index contributed by atoms with van der Waals surface area (Å²) in [5.74, 6) is 2.66. The van der Waals surface area contributed by atoms with Crippen LogP contribution in [0.25, 0.3) is 11.6 Å². The third kappa shape index (κ3) is 5.75. The molecule has 10 heteroatoms. The number of aromatic amines is 1. The van der Waals surface area contributed by atoms with E-state index in [1.165, 1.54) is 6.07 Å². The van der Waals surface area contributed by atoms with Gasteiger partial charge in [0.1, 0.15) is 11.6 Å². The van der Waals surface area contributed by atoms with Crippen molar-refractivity contribution in [3.05, 3.63) is 54.3 Å². The largest absolute Gasteiger partial charge is 0.461 e. The Morgan fingerprint density at radius 3 is 2.71 bits per heavy atom. The molecule has 0 bridgehead atoms. The number of anilines is 1. The highest BCUT2D eigenvalue weighted by Gasteiger charge is 2.21. The zero-order valence-corrected chi connectivity index (χ0v) is 19.8. The molecular weight excluding hydrogens is 512 g/mol. The summed E-state index contributed by atoms with van der Waals surface area (Å²) >= 11 is 0. The van der Waals surface area contributed by atoms with Crippen LogP contribution in [0.5, 0.6) is 0 Å². The van der Waals surface area contributed by atoms with E-state index in [4.69, 9.17) is 9.41 Å². The van der Waals surface area contributed by atoms with Crippen LogP contribution in [-0.2, 0) is 6.42 Å². The molecule has 3 aromatic rings. The molecular formula is C21H27FIN7O. The van der Waals surface area contributed by atoms with Crippen molar-refractivity contribution >= 4 is 35.6 Å². The van der Waals surface area contributed by atoms with E-state index >= 15 is 0 Å². The average Bonchev–Trinajstić information content (AvgIpc) is 3.46. The maximum atomic E-state index is 14.1. The lowest BCUT2D eigenvalue weighted by Crippen LogP contribution is -2.52. The molecule has 8 nitrogen and oxygen atoms in total. The maximum Gasteiger partial charge on any atom is 0.216 e. The van der Waals surface area contributed by atoms with E-state index in [0.29, 0.717) is 30.2 Å². The Morgan fingerprint density at radius 1 is 1.19 bits per heavy atom. The number of aromatic nitrogens is 3. The van der Waals surface area contributed by atoms with Gasteiger partial charge in [0.25, 0.3) is 0 Å². The van der Waals surface area contributed by atoms with Crippen LogP contribution in [0.3, 0.4) is 0 Å². The Kier molecular flexibility index (Phi) is 8.27. The van der Waals surface area contributed by atoms with Gasteiger partial charge in [-0.05, 0) is 31.2 Å². The van der Waals surface area contributed by atoms with Crippen molar-refractivity contribution in [1.82, 2.24) is 25.4 Å². The highest BCUT2D eigenvalue weighted by atomic mass is 127. The predicted molar refractivity (Wildman–Crippen MR) is 129 cm³/mol. The zero-order chi connectivity index (χ0) is 20.8. The predicted octanol–water partition coefficient (Wildman–Crippen LogP) is 3.15. The fourth-order valence-electron chi connectivity index (χ4n) is 3.48. The monoisotopic (exact) mass is 539 g/mol. The van der Waals surface area contributed by atoms with Gasteiger partial charge in [-0.25, -0.2) is 9.37 Å². The van der Waals surface area contributed by atoms with Gasteiger partial charge in [-0.15, -0.1) is 24.0 Å². The molecule has 1 aromatic carbocycles. The molecule has 0 saturated carbocycles. The van der Waals surface area contributed by atoms with Gasteiger partial charge in [-0.1, -0.05) is 12.1 Å². The van der Waals surface area contributed by atoms with Crippen LogP contribution in [0.15, 0.2) is 52.1 Å². The minimum atomic E-state index is -0.174. The Balaban J connectivity index is 0.00000272. The van der Waals surface area contributed by atoms with E-state index in [-0.39, 0.29) is 29.8 Å². The van der Waals surface area contributed by atoms with Crippen molar-refractivity contribution in [2.24, 2.45) is 4.99 Å². The molecule has 0 atom stereocenters. The van der Waals surface area contributed by atoms with Gasteiger partial charge in [-0.3, -0.25) is 10.1 Å². The number of aliphatic imine (C=N–C) groups is 1. The first kappa shape index (κ1) is 23.0. The zero-order valence-electron chi connectivity index (χ0n) is 17.4. The first-order valence-corrected chi connectivity index (χ1v) is 10.2. The highest BCUT2D eigenvalue weighted by Crippen LogP contribution is 2.20. The van der Waals surface area contributed by atoms with Crippen LogP contribution in [-0.4, -0.2) is 65.3 Å². The molecule has 0 spiro atoms. The van der Waals surface area contributed by atoms with Gasteiger partial charge in [0.05, 0.1) is 12.0 Å². The first-order valence-electron chi connectivity index (χ1n) is 10.2. The van der Waals surface area contributed by atoms with Crippen LogP contribution in [0.4, 0.5) is 10.1 Å². The molecule has 2 aromatic heterocycles. The fraction of sp³-hybridized carbons (Fsp3) is 0.381. The second kappa shape index (κ2) is 11.1. The number of halogens is 2. The second-order valence-corrected chi connectivity index (χ2v) is 6.99. The van der Waals surface area contributed by atoms with E-state index in [9.17, 15) is 4.39 Å². The normalized spacial score (nSPS) is 14.5. The quantitative estimate of drug-likeness (QED) is 0.285. The molecule has 1 fully saturated rings. The number of piperazine rings is 1. The van der Waals surface area contributed by atoms with Crippen LogP contribution in [0.1, 0.15) is 12.7 Å². The number of guanidine groups is 1. The Morgan fingerprint density at radius 2 is 2.00 bits per heavy atom. The molecule has 0 unspecified atom stereocenters. The number of para-hydroxylation sites is 1. The minimum absolute atomic E-state index is 0. The number of benzene rings is 1. The van der Waals surface area contributed by atoms with Gasteiger partial charge in [0.15, 0.2) is 11.7 Å². The number of hydrogen-bond acceptors (Lipinski definition) is 5. The molecule has 0 aliphatic carbocycles. The average molecular weight is 539 g/mol. The smallest absolute Gasteiger partial charge is 0.216 e. The third-order valence-corrected chi connectivity index (χ3v) is 4.99. The summed E-state index contributed by atoms with van der Waals surface area (Å²) in [6, 6.07) is 10.6. The summed E-state index contributed by atoms with van der Waals surface area (Å²) in [6.07, 6.45) is 2.25. The summed E-state index contributed by atoms with van der Waals surface area (Å²) in [5, 5.41) is 10.5. The highest BCUT2D eigenvalue weighted by molar-refractivity contribution is 14.0. The minimum Gasteiger partial charge on any atom is -0.461 e. The standard InChI is InChI=1S/C21H26FN7O.HI/c1-2-23-21(24-10-9-19-25-20(27-26-19)18-8-5-15-30-18)29-13-11-28(12-14-29)17-7-4-3-6-16(17)22;/h3-8,15H,2,9-14H2,1H3,(H,23,24)(H,25,26,27);1H. The van der Waals surface area contributed by atoms with Gasteiger partial charge in [0, 0.05) is 45.7 Å². The summed E-state index contributed by atoms with van der Waals surface area (Å²) in [4.78, 5) is 13.5. The molecule has 0 radical (unpaired) electrons. The van der Waals surface area contributed by atoms with Crippen molar-refractivity contribution in [1.29, 1.82) is 0 Å². The SMILES string of the molecule is CCNC(=NCCc1nc(-c2ccco2)n[nH]1)N1CCN(c2ccccc2F)CC1.I. The summed E-state index contributed by atoms with van der Waals surface area (Å²) in [6.45, 7) is 6.49. The van der Waals surface area contributed by atoms with Crippen molar-refractivity contribution < 1.29 is 8.81 Å². The molecule has 1 aliphatic rings. The van der Waals surface area contributed by atoms with Crippen LogP contribution < -0.4 is 10.2 Å². The lowest BCUT2D eigenvalue weighted by Gasteiger charge is -2.37. The summed E-state index contributed by atoms with van der Waals surface area (Å²) in [7, 11) is 0. The number of furan rings is 1. The number of rotatable bonds is 6.